The Balaban J connectivity index is 1.54. The Bertz CT molecular complexity index is 785. The van der Waals surface area contributed by atoms with E-state index in [-0.39, 0.29) is 41.2 Å². The minimum Gasteiger partial charge on any atom is -0.341 e. The van der Waals surface area contributed by atoms with Gasteiger partial charge in [-0.15, -0.1) is 0 Å². The van der Waals surface area contributed by atoms with E-state index < -0.39 is 9.84 Å². The molecule has 0 radical (unpaired) electrons. The highest BCUT2D eigenvalue weighted by Gasteiger charge is 2.37. The first-order valence-electron chi connectivity index (χ1n) is 9.58. The number of carbonyl (C=O) groups is 2. The molecule has 2 amide bonds. The Morgan fingerprint density at radius 3 is 1.96 bits per heavy atom. The molecule has 0 N–H and O–H groups in total. The van der Waals surface area contributed by atoms with Gasteiger partial charge in [-0.1, -0.05) is 18.2 Å². The molecule has 0 aromatic heterocycles. The second-order valence-electron chi connectivity index (χ2n) is 7.79. The Hall–Kier alpha value is -1.89. The van der Waals surface area contributed by atoms with Crippen LogP contribution in [0.15, 0.2) is 30.3 Å². The molecule has 2 fully saturated rings. The number of carbonyl (C=O) groups excluding carboxylic acids is 2. The van der Waals surface area contributed by atoms with Gasteiger partial charge in [0.15, 0.2) is 9.84 Å². The van der Waals surface area contributed by atoms with Crippen LogP contribution in [0.4, 0.5) is 5.69 Å². The van der Waals surface area contributed by atoms with Gasteiger partial charge in [0, 0.05) is 37.7 Å². The van der Waals surface area contributed by atoms with E-state index in [1.807, 2.05) is 30.3 Å². The molecular formula is C20H28N2O4S. The van der Waals surface area contributed by atoms with Crippen molar-refractivity contribution in [1.29, 1.82) is 0 Å². The van der Waals surface area contributed by atoms with Crippen molar-refractivity contribution < 1.29 is 18.0 Å². The van der Waals surface area contributed by atoms with Gasteiger partial charge in [0.25, 0.3) is 0 Å². The molecule has 3 rings (SSSR count). The summed E-state index contributed by atoms with van der Waals surface area (Å²) in [7, 11) is 0.507. The van der Waals surface area contributed by atoms with E-state index in [2.05, 4.69) is 0 Å². The first-order valence-corrected chi connectivity index (χ1v) is 11.4. The lowest BCUT2D eigenvalue weighted by molar-refractivity contribution is -0.138. The topological polar surface area (TPSA) is 74.8 Å². The lowest BCUT2D eigenvalue weighted by Crippen LogP contribution is -2.43. The lowest BCUT2D eigenvalue weighted by atomic mass is 9.80. The van der Waals surface area contributed by atoms with Gasteiger partial charge in [-0.2, -0.15) is 0 Å². The first-order chi connectivity index (χ1) is 12.8. The molecule has 2 aliphatic rings. The number of sulfone groups is 1. The fraction of sp³-hybridized carbons (Fsp3) is 0.600. The highest BCUT2D eigenvalue weighted by Crippen LogP contribution is 2.32. The zero-order chi connectivity index (χ0) is 19.6. The highest BCUT2D eigenvalue weighted by molar-refractivity contribution is 7.91. The van der Waals surface area contributed by atoms with E-state index >= 15 is 0 Å². The second-order valence-corrected chi connectivity index (χ2v) is 10.0. The molecule has 1 saturated heterocycles. The number of anilines is 1. The van der Waals surface area contributed by atoms with Gasteiger partial charge in [-0.25, -0.2) is 8.42 Å². The molecule has 1 atom stereocenters. The number of nitrogens with zero attached hydrogens (tertiary/aromatic N) is 2. The van der Waals surface area contributed by atoms with E-state index in [4.69, 9.17) is 0 Å². The summed E-state index contributed by atoms with van der Waals surface area (Å²) in [6.45, 7) is 0. The van der Waals surface area contributed by atoms with Crippen molar-refractivity contribution in [3.63, 3.8) is 0 Å². The predicted octanol–water partition coefficient (Wildman–Crippen LogP) is 2.10. The maximum atomic E-state index is 12.8. The summed E-state index contributed by atoms with van der Waals surface area (Å²) < 4.78 is 23.3. The van der Waals surface area contributed by atoms with Gasteiger partial charge >= 0.3 is 0 Å². The predicted molar refractivity (Wildman–Crippen MR) is 105 cm³/mol. The SMILES string of the molecule is CN(C(=O)C1CCC(C(=O)N(C)C2CCS(=O)(=O)C2)CC1)c1ccccc1. The quantitative estimate of drug-likeness (QED) is 0.786. The number of benzene rings is 1. The molecule has 1 heterocycles. The van der Waals surface area contributed by atoms with E-state index in [0.29, 0.717) is 32.1 Å². The van der Waals surface area contributed by atoms with Crippen molar-refractivity contribution in [2.24, 2.45) is 11.8 Å². The van der Waals surface area contributed by atoms with Gasteiger partial charge in [0.2, 0.25) is 11.8 Å². The molecule has 1 unspecified atom stereocenters. The maximum absolute atomic E-state index is 12.8. The van der Waals surface area contributed by atoms with E-state index in [0.717, 1.165) is 5.69 Å². The zero-order valence-electron chi connectivity index (χ0n) is 16.0. The van der Waals surface area contributed by atoms with Crippen LogP contribution in [0, 0.1) is 11.8 Å². The molecular weight excluding hydrogens is 364 g/mol. The van der Waals surface area contributed by atoms with Crippen LogP contribution in [0.3, 0.4) is 0 Å². The van der Waals surface area contributed by atoms with Gasteiger partial charge in [0.1, 0.15) is 0 Å². The fourth-order valence-electron chi connectivity index (χ4n) is 4.19. The van der Waals surface area contributed by atoms with Crippen LogP contribution in [0.1, 0.15) is 32.1 Å². The van der Waals surface area contributed by atoms with Crippen molar-refractivity contribution in [2.75, 3.05) is 30.5 Å². The molecule has 1 aromatic carbocycles. The molecule has 6 nitrogen and oxygen atoms in total. The van der Waals surface area contributed by atoms with Crippen LogP contribution >= 0.6 is 0 Å². The number of hydrogen-bond donors (Lipinski definition) is 0. The Kier molecular flexibility index (Phi) is 5.89. The monoisotopic (exact) mass is 392 g/mol. The summed E-state index contributed by atoms with van der Waals surface area (Å²) in [5.41, 5.74) is 0.878. The Morgan fingerprint density at radius 2 is 1.44 bits per heavy atom. The van der Waals surface area contributed by atoms with E-state index in [9.17, 15) is 18.0 Å². The summed E-state index contributed by atoms with van der Waals surface area (Å²) in [6.07, 6.45) is 3.29. The van der Waals surface area contributed by atoms with Crippen LogP contribution in [0.25, 0.3) is 0 Å². The third-order valence-electron chi connectivity index (χ3n) is 6.00. The number of hydrogen-bond acceptors (Lipinski definition) is 4. The van der Waals surface area contributed by atoms with Crippen molar-refractivity contribution in [3.8, 4) is 0 Å². The van der Waals surface area contributed by atoms with Crippen molar-refractivity contribution in [3.05, 3.63) is 30.3 Å². The highest BCUT2D eigenvalue weighted by atomic mass is 32.2. The Morgan fingerprint density at radius 1 is 0.889 bits per heavy atom. The molecule has 27 heavy (non-hydrogen) atoms. The molecule has 1 aliphatic heterocycles. The number of para-hydroxylation sites is 1. The van der Waals surface area contributed by atoms with Crippen molar-refractivity contribution >= 4 is 27.3 Å². The molecule has 148 valence electrons. The molecule has 0 bridgehead atoms. The van der Waals surface area contributed by atoms with Gasteiger partial charge in [-0.05, 0) is 44.2 Å². The van der Waals surface area contributed by atoms with Crippen LogP contribution in [-0.4, -0.2) is 56.8 Å². The van der Waals surface area contributed by atoms with Gasteiger partial charge < -0.3 is 9.80 Å². The third-order valence-corrected chi connectivity index (χ3v) is 7.75. The zero-order valence-corrected chi connectivity index (χ0v) is 16.8. The normalized spacial score (nSPS) is 27.1. The fourth-order valence-corrected chi connectivity index (χ4v) is 5.96. The summed E-state index contributed by atoms with van der Waals surface area (Å²) in [6, 6.07) is 9.37. The van der Waals surface area contributed by atoms with Crippen LogP contribution < -0.4 is 4.90 Å². The summed E-state index contributed by atoms with van der Waals surface area (Å²) >= 11 is 0. The van der Waals surface area contributed by atoms with Crippen LogP contribution in [-0.2, 0) is 19.4 Å². The molecule has 1 aliphatic carbocycles. The van der Waals surface area contributed by atoms with Crippen LogP contribution in [0.2, 0.25) is 0 Å². The summed E-state index contributed by atoms with van der Waals surface area (Å²) in [5, 5.41) is 0. The summed E-state index contributed by atoms with van der Waals surface area (Å²) in [5.74, 6) is 0.204. The van der Waals surface area contributed by atoms with Crippen LogP contribution in [0.5, 0.6) is 0 Å². The van der Waals surface area contributed by atoms with Crippen molar-refractivity contribution in [1.82, 2.24) is 4.90 Å². The maximum Gasteiger partial charge on any atom is 0.229 e. The standard InChI is InChI=1S/C20H28N2O4S/c1-21(17-6-4-3-5-7-17)19(23)15-8-10-16(11-9-15)20(24)22(2)18-12-13-27(25,26)14-18/h3-7,15-16,18H,8-14H2,1-2H3. The average molecular weight is 393 g/mol. The molecule has 1 aromatic rings. The lowest BCUT2D eigenvalue weighted by Gasteiger charge is -2.33. The Labute approximate surface area is 161 Å². The molecule has 0 spiro atoms. The van der Waals surface area contributed by atoms with Crippen molar-refractivity contribution in [2.45, 2.75) is 38.1 Å². The second kappa shape index (κ2) is 8.00. The van der Waals surface area contributed by atoms with Gasteiger partial charge in [-0.3, -0.25) is 9.59 Å². The number of amides is 2. The minimum absolute atomic E-state index is 0.0272. The smallest absolute Gasteiger partial charge is 0.229 e. The number of rotatable bonds is 4. The van der Waals surface area contributed by atoms with E-state index in [1.54, 1.807) is 23.9 Å². The molecule has 7 heteroatoms. The van der Waals surface area contributed by atoms with E-state index in [1.165, 1.54) is 0 Å². The first kappa shape index (κ1) is 19.9. The largest absolute Gasteiger partial charge is 0.341 e. The summed E-state index contributed by atoms with van der Waals surface area (Å²) in [4.78, 5) is 28.8. The average Bonchev–Trinajstić information content (AvgIpc) is 3.06. The third kappa shape index (κ3) is 4.51. The molecule has 1 saturated carbocycles. The minimum atomic E-state index is -3.00. The van der Waals surface area contributed by atoms with Gasteiger partial charge in [0.05, 0.1) is 11.5 Å².